The minimum absolute atomic E-state index is 0.0358. The fourth-order valence-electron chi connectivity index (χ4n) is 3.63. The van der Waals surface area contributed by atoms with Crippen LogP contribution >= 0.6 is 0 Å². The quantitative estimate of drug-likeness (QED) is 0.892. The Morgan fingerprint density at radius 3 is 2.32 bits per heavy atom. The summed E-state index contributed by atoms with van der Waals surface area (Å²) in [4.78, 5) is 0. The maximum absolute atomic E-state index is 6.25. The van der Waals surface area contributed by atoms with Crippen LogP contribution in [-0.2, 0) is 4.74 Å². The highest BCUT2D eigenvalue weighted by Crippen LogP contribution is 2.47. The normalized spacial score (nSPS) is 26.3. The van der Waals surface area contributed by atoms with E-state index in [-0.39, 0.29) is 11.2 Å². The van der Waals surface area contributed by atoms with Crippen LogP contribution < -0.4 is 5.32 Å². The summed E-state index contributed by atoms with van der Waals surface area (Å²) in [5.74, 6) is 0.480. The molecule has 1 heterocycles. The van der Waals surface area contributed by atoms with Gasteiger partial charge in [0, 0.05) is 12.0 Å². The minimum Gasteiger partial charge on any atom is -0.369 e. The molecular formula is C17H27NO. The molecule has 106 valence electrons. The van der Waals surface area contributed by atoms with Crippen LogP contribution in [0.1, 0.15) is 51.3 Å². The van der Waals surface area contributed by atoms with E-state index in [2.05, 4.69) is 71.2 Å². The molecule has 1 fully saturated rings. The Balaban J connectivity index is 2.36. The molecule has 2 rings (SSSR count). The highest BCUT2D eigenvalue weighted by atomic mass is 16.5. The smallest absolute Gasteiger partial charge is 0.0681 e. The van der Waals surface area contributed by atoms with Gasteiger partial charge in [-0.15, -0.1) is 0 Å². The summed E-state index contributed by atoms with van der Waals surface area (Å²) in [5.41, 5.74) is 2.61. The van der Waals surface area contributed by atoms with Crippen molar-refractivity contribution in [3.8, 4) is 0 Å². The van der Waals surface area contributed by atoms with E-state index in [0.29, 0.717) is 12.0 Å². The number of ether oxygens (including phenoxy) is 1. The molecule has 1 aliphatic heterocycles. The zero-order chi connectivity index (χ0) is 14.3. The molecule has 1 aliphatic rings. The van der Waals surface area contributed by atoms with Gasteiger partial charge in [0.15, 0.2) is 0 Å². The summed E-state index contributed by atoms with van der Waals surface area (Å²) >= 11 is 0. The first-order valence-corrected chi connectivity index (χ1v) is 7.20. The lowest BCUT2D eigenvalue weighted by Gasteiger charge is -2.33. The maximum Gasteiger partial charge on any atom is 0.0681 e. The molecule has 0 spiro atoms. The van der Waals surface area contributed by atoms with Crippen LogP contribution in [0.5, 0.6) is 0 Å². The predicted molar refractivity (Wildman–Crippen MR) is 80.3 cm³/mol. The van der Waals surface area contributed by atoms with Crippen LogP contribution in [-0.4, -0.2) is 18.2 Å². The third-order valence-electron chi connectivity index (χ3n) is 4.38. The molecule has 1 N–H and O–H groups in total. The van der Waals surface area contributed by atoms with E-state index in [1.807, 2.05) is 0 Å². The lowest BCUT2D eigenvalue weighted by atomic mass is 9.78. The fraction of sp³-hybridized carbons (Fsp3) is 0.647. The number of aryl methyl sites for hydroxylation is 1. The van der Waals surface area contributed by atoms with E-state index < -0.39 is 0 Å². The van der Waals surface area contributed by atoms with E-state index in [1.54, 1.807) is 0 Å². The molecule has 1 aromatic rings. The van der Waals surface area contributed by atoms with Crippen molar-refractivity contribution >= 4 is 0 Å². The van der Waals surface area contributed by atoms with E-state index in [1.165, 1.54) is 11.1 Å². The zero-order valence-electron chi connectivity index (χ0n) is 13.1. The number of benzene rings is 1. The van der Waals surface area contributed by atoms with Crippen molar-refractivity contribution in [1.82, 2.24) is 5.32 Å². The standard InChI is InChI=1S/C17H27NO/c1-12-9-7-8-10-13(12)15(18-6)14-11-16(2,3)19-17(14,4)5/h7-10,14-15,18H,11H2,1-6H3. The summed E-state index contributed by atoms with van der Waals surface area (Å²) in [6.45, 7) is 11.0. The van der Waals surface area contributed by atoms with Crippen molar-refractivity contribution < 1.29 is 4.74 Å². The monoisotopic (exact) mass is 261 g/mol. The number of rotatable bonds is 3. The summed E-state index contributed by atoms with van der Waals surface area (Å²) in [5, 5.41) is 3.51. The van der Waals surface area contributed by atoms with Crippen LogP contribution in [0.3, 0.4) is 0 Å². The van der Waals surface area contributed by atoms with E-state index in [4.69, 9.17) is 4.74 Å². The second-order valence-electron chi connectivity index (χ2n) is 6.90. The molecule has 0 amide bonds. The maximum atomic E-state index is 6.25. The highest BCUT2D eigenvalue weighted by Gasteiger charge is 2.49. The first kappa shape index (κ1) is 14.5. The van der Waals surface area contributed by atoms with Crippen molar-refractivity contribution in [2.75, 3.05) is 7.05 Å². The molecule has 1 aromatic carbocycles. The summed E-state index contributed by atoms with van der Waals surface area (Å²) in [6.07, 6.45) is 1.08. The Bertz CT molecular complexity index is 450. The van der Waals surface area contributed by atoms with Gasteiger partial charge in [-0.2, -0.15) is 0 Å². The molecule has 0 radical (unpaired) electrons. The second kappa shape index (κ2) is 4.92. The van der Waals surface area contributed by atoms with Gasteiger partial charge in [0.1, 0.15) is 0 Å². The zero-order valence-corrected chi connectivity index (χ0v) is 13.1. The van der Waals surface area contributed by atoms with Crippen molar-refractivity contribution in [3.63, 3.8) is 0 Å². The van der Waals surface area contributed by atoms with Crippen LogP contribution in [0, 0.1) is 12.8 Å². The average molecular weight is 261 g/mol. The van der Waals surface area contributed by atoms with Crippen molar-refractivity contribution in [2.24, 2.45) is 5.92 Å². The Kier molecular flexibility index (Phi) is 3.76. The molecule has 2 atom stereocenters. The topological polar surface area (TPSA) is 21.3 Å². The molecule has 0 saturated carbocycles. The van der Waals surface area contributed by atoms with Crippen molar-refractivity contribution in [3.05, 3.63) is 35.4 Å². The van der Waals surface area contributed by atoms with Crippen LogP contribution in [0.2, 0.25) is 0 Å². The number of hydrogen-bond donors (Lipinski definition) is 1. The number of hydrogen-bond acceptors (Lipinski definition) is 2. The van der Waals surface area contributed by atoms with Gasteiger partial charge in [-0.05, 0) is 59.2 Å². The van der Waals surface area contributed by atoms with Gasteiger partial charge in [0.25, 0.3) is 0 Å². The first-order chi connectivity index (χ1) is 8.77. The lowest BCUT2D eigenvalue weighted by molar-refractivity contribution is -0.0776. The molecule has 2 unspecified atom stereocenters. The van der Waals surface area contributed by atoms with Gasteiger partial charge in [-0.3, -0.25) is 0 Å². The molecule has 2 nitrogen and oxygen atoms in total. The SMILES string of the molecule is CNC(c1ccccc1C)C1CC(C)(C)OC1(C)C. The Morgan fingerprint density at radius 1 is 1.21 bits per heavy atom. The molecule has 0 aromatic heterocycles. The Labute approximate surface area is 117 Å². The average Bonchev–Trinajstić information content (AvgIpc) is 2.51. The lowest BCUT2D eigenvalue weighted by Crippen LogP contribution is -2.37. The third kappa shape index (κ3) is 2.85. The molecule has 0 bridgehead atoms. The highest BCUT2D eigenvalue weighted by molar-refractivity contribution is 5.30. The van der Waals surface area contributed by atoms with Gasteiger partial charge >= 0.3 is 0 Å². The third-order valence-corrected chi connectivity index (χ3v) is 4.38. The largest absolute Gasteiger partial charge is 0.369 e. The molecule has 0 aliphatic carbocycles. The van der Waals surface area contributed by atoms with Gasteiger partial charge in [0.2, 0.25) is 0 Å². The van der Waals surface area contributed by atoms with Gasteiger partial charge < -0.3 is 10.1 Å². The van der Waals surface area contributed by atoms with Crippen molar-refractivity contribution in [1.29, 1.82) is 0 Å². The van der Waals surface area contributed by atoms with Gasteiger partial charge in [-0.25, -0.2) is 0 Å². The van der Waals surface area contributed by atoms with Crippen LogP contribution in [0.4, 0.5) is 0 Å². The Hall–Kier alpha value is -0.860. The molecule has 2 heteroatoms. The van der Waals surface area contributed by atoms with Gasteiger partial charge in [0.05, 0.1) is 11.2 Å². The minimum atomic E-state index is -0.0978. The summed E-state index contributed by atoms with van der Waals surface area (Å²) < 4.78 is 6.25. The number of nitrogens with one attached hydrogen (secondary N) is 1. The fourth-order valence-corrected chi connectivity index (χ4v) is 3.63. The van der Waals surface area contributed by atoms with Crippen LogP contribution in [0.25, 0.3) is 0 Å². The molecular weight excluding hydrogens is 234 g/mol. The second-order valence-corrected chi connectivity index (χ2v) is 6.90. The summed E-state index contributed by atoms with van der Waals surface area (Å²) in [7, 11) is 2.05. The predicted octanol–water partition coefficient (Wildman–Crippen LogP) is 3.85. The van der Waals surface area contributed by atoms with E-state index in [0.717, 1.165) is 6.42 Å². The van der Waals surface area contributed by atoms with E-state index in [9.17, 15) is 0 Å². The molecule has 19 heavy (non-hydrogen) atoms. The van der Waals surface area contributed by atoms with E-state index >= 15 is 0 Å². The first-order valence-electron chi connectivity index (χ1n) is 7.20. The van der Waals surface area contributed by atoms with Crippen molar-refractivity contribution in [2.45, 2.75) is 58.3 Å². The summed E-state index contributed by atoms with van der Waals surface area (Å²) in [6, 6.07) is 9.00. The van der Waals surface area contributed by atoms with Crippen LogP contribution in [0.15, 0.2) is 24.3 Å². The molecule has 1 saturated heterocycles. The Morgan fingerprint density at radius 2 is 1.84 bits per heavy atom. The van der Waals surface area contributed by atoms with Gasteiger partial charge in [-0.1, -0.05) is 24.3 Å².